The fraction of sp³-hybridized carbons (Fsp3) is 0.585. The van der Waals surface area contributed by atoms with Gasteiger partial charge in [-0.25, -0.2) is 0 Å². The number of rotatable bonds is 15. The summed E-state index contributed by atoms with van der Waals surface area (Å²) in [5, 5.41) is 0. The van der Waals surface area contributed by atoms with Crippen LogP contribution in [-0.2, 0) is 14.3 Å². The normalized spacial score (nSPS) is 9.68. The molecule has 2 aromatic rings. The molecule has 0 radical (unpaired) electrons. The highest BCUT2D eigenvalue weighted by atomic mass is 16.5. The van der Waals surface area contributed by atoms with Gasteiger partial charge in [0.05, 0.1) is 21.3 Å². The van der Waals surface area contributed by atoms with Crippen molar-refractivity contribution >= 4 is 24.2 Å². The number of aldehydes is 1. The number of terminal acetylenes is 1. The van der Waals surface area contributed by atoms with Gasteiger partial charge in [0.1, 0.15) is 17.8 Å². The van der Waals surface area contributed by atoms with E-state index in [2.05, 4.69) is 59.1 Å². The third-order valence-electron chi connectivity index (χ3n) is 7.87. The van der Waals surface area contributed by atoms with Crippen LogP contribution in [0.4, 0.5) is 0 Å². The number of carbonyl (C=O) groups excluding carboxylic acids is 2. The van der Waals surface area contributed by atoms with Crippen LogP contribution in [0, 0.1) is 24.2 Å². The minimum absolute atomic E-state index is 0.264. The summed E-state index contributed by atoms with van der Waals surface area (Å²) in [4.78, 5) is 19.2. The van der Waals surface area contributed by atoms with Gasteiger partial charge in [-0.3, -0.25) is 4.79 Å². The maximum absolute atomic E-state index is 10.4. The summed E-state index contributed by atoms with van der Waals surface area (Å²) in [6, 6.07) is 13.5. The average molecular weight is 827 g/mol. The molecule has 0 spiro atoms. The summed E-state index contributed by atoms with van der Waals surface area (Å²) >= 11 is 0. The van der Waals surface area contributed by atoms with Crippen molar-refractivity contribution in [3.05, 3.63) is 77.9 Å². The molecule has 0 fully saturated rings. The molecule has 0 heterocycles. The Morgan fingerprint density at radius 3 is 1.49 bits per heavy atom. The molecule has 0 aliphatic carbocycles. The van der Waals surface area contributed by atoms with Crippen LogP contribution < -0.4 is 14.2 Å². The first kappa shape index (κ1) is 69.5. The number of carbonyl (C=O) groups is 2. The van der Waals surface area contributed by atoms with Crippen LogP contribution in [0.5, 0.6) is 17.2 Å². The number of Topliss-reactive ketones (excluding diaryl/α,β-unsaturated/α-hetero) is 1. The monoisotopic (exact) mass is 827 g/mol. The first-order valence-corrected chi connectivity index (χ1v) is 21.9. The molecular weight excluding hydrogens is 733 g/mol. The lowest BCUT2D eigenvalue weighted by Crippen LogP contribution is -2.03. The van der Waals surface area contributed by atoms with Gasteiger partial charge in [-0.15, -0.1) is 6.42 Å². The molecule has 0 amide bonds. The minimum atomic E-state index is 0.264. The maximum Gasteiger partial charge on any atom is 0.161 e. The lowest BCUT2D eigenvalue weighted by molar-refractivity contribution is -0.120. The van der Waals surface area contributed by atoms with Crippen molar-refractivity contribution in [3.63, 3.8) is 0 Å². The predicted molar refractivity (Wildman–Crippen MR) is 265 cm³/mol. The molecule has 342 valence electrons. The molecule has 0 aliphatic heterocycles. The summed E-state index contributed by atoms with van der Waals surface area (Å²) in [7, 11) is 8.16. The van der Waals surface area contributed by atoms with Gasteiger partial charge in [-0.1, -0.05) is 182 Å². The number of benzene rings is 2. The Labute approximate surface area is 367 Å². The Balaban J connectivity index is -0.000000111. The zero-order chi connectivity index (χ0) is 47.1. The number of ketones is 1. The van der Waals surface area contributed by atoms with Crippen LogP contribution in [-0.4, -0.2) is 47.6 Å². The zero-order valence-electron chi connectivity index (χ0n) is 41.8. The second kappa shape index (κ2) is 63.1. The largest absolute Gasteiger partial charge is 0.497 e. The molecule has 0 saturated carbocycles. The molecule has 0 bridgehead atoms. The van der Waals surface area contributed by atoms with E-state index in [0.29, 0.717) is 5.78 Å². The summed E-state index contributed by atoms with van der Waals surface area (Å²) in [5.41, 5.74) is 2.14. The molecule has 59 heavy (non-hydrogen) atoms. The third-order valence-corrected chi connectivity index (χ3v) is 7.87. The molecule has 0 aromatic heterocycles. The number of unbranched alkanes of at least 4 members (excludes halogenated alkanes) is 5. The molecule has 1 atom stereocenters. The van der Waals surface area contributed by atoms with E-state index in [0.717, 1.165) is 47.0 Å². The molecule has 2 rings (SSSR count). The zero-order valence-corrected chi connectivity index (χ0v) is 41.8. The van der Waals surface area contributed by atoms with Gasteiger partial charge in [-0.2, -0.15) is 0 Å². The van der Waals surface area contributed by atoms with Gasteiger partial charge >= 0.3 is 0 Å². The van der Waals surface area contributed by atoms with E-state index in [1.165, 1.54) is 64.7 Å². The molecule has 1 unspecified atom stereocenters. The Hall–Kier alpha value is -4.08. The second-order valence-corrected chi connectivity index (χ2v) is 12.8. The summed E-state index contributed by atoms with van der Waals surface area (Å²) < 4.78 is 19.7. The number of hydrogen-bond acceptors (Lipinski definition) is 6. The molecule has 6 heteroatoms. The van der Waals surface area contributed by atoms with E-state index in [1.54, 1.807) is 48.5 Å². The number of allylic oxidation sites excluding steroid dienone is 4. The minimum Gasteiger partial charge on any atom is -0.497 e. The summed E-state index contributed by atoms with van der Waals surface area (Å²) in [5.74, 6) is 6.27. The lowest BCUT2D eigenvalue weighted by Gasteiger charge is -2.07. The Morgan fingerprint density at radius 1 is 0.678 bits per heavy atom. The smallest absolute Gasteiger partial charge is 0.161 e. The quantitative estimate of drug-likeness (QED) is 0.0771. The number of ether oxygens (including phenoxy) is 4. The Morgan fingerprint density at radius 2 is 1.17 bits per heavy atom. The highest BCUT2D eigenvalue weighted by Gasteiger charge is 2.02. The van der Waals surface area contributed by atoms with Gasteiger partial charge in [0, 0.05) is 20.1 Å². The topological polar surface area (TPSA) is 71.1 Å². The van der Waals surface area contributed by atoms with Crippen molar-refractivity contribution in [2.75, 3.05) is 35.5 Å². The van der Waals surface area contributed by atoms with Crippen molar-refractivity contribution in [3.8, 4) is 29.6 Å². The first-order chi connectivity index (χ1) is 28.3. The van der Waals surface area contributed by atoms with Crippen molar-refractivity contribution in [1.29, 1.82) is 0 Å². The van der Waals surface area contributed by atoms with Gasteiger partial charge in [0.2, 0.25) is 0 Å². The molecule has 0 N–H and O–H groups in total. The first-order valence-electron chi connectivity index (χ1n) is 21.9. The average Bonchev–Trinajstić information content (AvgIpc) is 3.27. The van der Waals surface area contributed by atoms with Crippen LogP contribution in [0.3, 0.4) is 0 Å². The van der Waals surface area contributed by atoms with Gasteiger partial charge in [0.15, 0.2) is 11.5 Å². The van der Waals surface area contributed by atoms with Crippen molar-refractivity contribution in [1.82, 2.24) is 0 Å². The molecular formula is C53H94O6. The van der Waals surface area contributed by atoms with Crippen molar-refractivity contribution in [2.24, 2.45) is 11.8 Å². The van der Waals surface area contributed by atoms with Crippen LogP contribution in [0.25, 0.3) is 12.2 Å². The van der Waals surface area contributed by atoms with E-state index in [-0.39, 0.29) is 5.92 Å². The van der Waals surface area contributed by atoms with Crippen LogP contribution in [0.1, 0.15) is 172 Å². The highest BCUT2D eigenvalue weighted by Crippen LogP contribution is 2.28. The van der Waals surface area contributed by atoms with E-state index < -0.39 is 0 Å². The summed E-state index contributed by atoms with van der Waals surface area (Å²) in [6.07, 6.45) is 30.6. The number of hydrogen-bond donors (Lipinski definition) is 0. The number of methoxy groups -OCH3 is 4. The fourth-order valence-corrected chi connectivity index (χ4v) is 3.38. The van der Waals surface area contributed by atoms with Crippen LogP contribution in [0.2, 0.25) is 0 Å². The molecule has 6 nitrogen and oxygen atoms in total. The predicted octanol–water partition coefficient (Wildman–Crippen LogP) is 16.0. The van der Waals surface area contributed by atoms with Crippen molar-refractivity contribution < 1.29 is 28.5 Å². The van der Waals surface area contributed by atoms with Gasteiger partial charge in [0.25, 0.3) is 0 Å². The molecule has 2 aromatic carbocycles. The van der Waals surface area contributed by atoms with E-state index in [1.807, 2.05) is 107 Å². The van der Waals surface area contributed by atoms with Crippen molar-refractivity contribution in [2.45, 2.75) is 161 Å². The second-order valence-electron chi connectivity index (χ2n) is 12.8. The Bertz CT molecular complexity index is 1230. The Kier molecular flexibility index (Phi) is 74.4. The lowest BCUT2D eigenvalue weighted by atomic mass is 10.1. The van der Waals surface area contributed by atoms with E-state index in [9.17, 15) is 4.79 Å². The highest BCUT2D eigenvalue weighted by molar-refractivity contribution is 5.77. The third kappa shape index (κ3) is 60.7. The van der Waals surface area contributed by atoms with Gasteiger partial charge < -0.3 is 23.7 Å². The standard InChI is InChI=1S/C13H16O2.C11H10O.C7H16.C6H12O.C6H14.C4H10.C2H6O.C2H4O.C2H6/c1-4-5-6-7-11-8-9-12(14-2)13(10-11)15-3;1-3-4-6-10-7-5-8-11(9-10)12-2;1-3-5-7-6-4-2;1-4-5(2)6(3)7;1-4-6(3)5-2;1-3-4-2;1-3-2;1-2-3;1-2/h4-10H,1-3H3;1,4-9H,2H3;3-7H2,1-2H3;5H,4H2,1-3H3;6H,4-5H2,1-3H3;3-4H2,1-2H3;1-2H3;2H,1H3;1-2H3/b5-4+,7-6+;6-4+;;;;;;;. The molecule has 0 aliphatic rings. The molecule has 0 saturated heterocycles. The maximum atomic E-state index is 10.4. The van der Waals surface area contributed by atoms with Gasteiger partial charge in [-0.05, 0) is 80.7 Å². The van der Waals surface area contributed by atoms with E-state index in [4.69, 9.17) is 25.4 Å². The van der Waals surface area contributed by atoms with E-state index >= 15 is 0 Å². The van der Waals surface area contributed by atoms with Crippen LogP contribution in [0.15, 0.2) is 66.8 Å². The SMILES string of the molecule is C#C/C=C/c1cccc(OC)c1.C/C=C/C=C/c1ccc(OC)c(OC)c1.CC.CC=O.CCC(C)C(C)=O.CCC(C)CC.CCCC.CCCCCCC.COC. The van der Waals surface area contributed by atoms with Crippen LogP contribution >= 0.6 is 0 Å². The summed E-state index contributed by atoms with van der Waals surface area (Å²) in [6.45, 7) is 28.6. The fourth-order valence-electron chi connectivity index (χ4n) is 3.38.